The van der Waals surface area contributed by atoms with Crippen LogP contribution >= 0.6 is 0 Å². The summed E-state index contributed by atoms with van der Waals surface area (Å²) in [5.74, 6) is -0.473. The highest BCUT2D eigenvalue weighted by molar-refractivity contribution is 5.84. The number of anilines is 1. The third kappa shape index (κ3) is 1.88. The molecule has 0 saturated carbocycles. The Hall–Kier alpha value is -2.31. The Bertz CT molecular complexity index is 525. The van der Waals surface area contributed by atoms with E-state index in [0.717, 1.165) is 0 Å². The average molecular weight is 219 g/mol. The largest absolute Gasteiger partial charge is 0.480 e. The van der Waals surface area contributed by atoms with Gasteiger partial charge in [-0.2, -0.15) is 0 Å². The van der Waals surface area contributed by atoms with Crippen molar-refractivity contribution in [2.24, 2.45) is 0 Å². The molecule has 0 aliphatic heterocycles. The third-order valence-corrected chi connectivity index (χ3v) is 1.98. The summed E-state index contributed by atoms with van der Waals surface area (Å²) in [5, 5.41) is 8.70. The monoisotopic (exact) mass is 219 g/mol. The number of rotatable bonds is 3. The predicted molar refractivity (Wildman–Crippen MR) is 56.0 cm³/mol. The molecular formula is C9H9N5O2. The molecule has 82 valence electrons. The second-order valence-corrected chi connectivity index (χ2v) is 3.18. The molecule has 7 nitrogen and oxygen atoms in total. The summed E-state index contributed by atoms with van der Waals surface area (Å²) in [6.07, 6.45) is 4.38. The molecular weight excluding hydrogens is 210 g/mol. The third-order valence-electron chi connectivity index (χ3n) is 1.98. The summed E-state index contributed by atoms with van der Waals surface area (Å²) in [4.78, 5) is 28.1. The van der Waals surface area contributed by atoms with E-state index in [2.05, 4.69) is 19.9 Å². The molecule has 16 heavy (non-hydrogen) atoms. The zero-order chi connectivity index (χ0) is 11.5. The number of nitrogens with zero attached hydrogens (tertiary/aromatic N) is 5. The van der Waals surface area contributed by atoms with Crippen LogP contribution in [0.5, 0.6) is 0 Å². The molecule has 0 unspecified atom stereocenters. The van der Waals surface area contributed by atoms with Crippen molar-refractivity contribution in [3.63, 3.8) is 0 Å². The summed E-state index contributed by atoms with van der Waals surface area (Å²) in [7, 11) is 1.63. The van der Waals surface area contributed by atoms with Gasteiger partial charge in [-0.15, -0.1) is 0 Å². The molecule has 2 rings (SSSR count). The van der Waals surface area contributed by atoms with Crippen molar-refractivity contribution in [1.29, 1.82) is 0 Å². The number of fused-ring (bicyclic) bond motifs is 1. The van der Waals surface area contributed by atoms with Crippen molar-refractivity contribution in [2.45, 2.75) is 0 Å². The van der Waals surface area contributed by atoms with Gasteiger partial charge in [0.2, 0.25) is 0 Å². The zero-order valence-electron chi connectivity index (χ0n) is 8.53. The van der Waals surface area contributed by atoms with E-state index in [1.807, 2.05) is 0 Å². The quantitative estimate of drug-likeness (QED) is 0.772. The van der Waals surface area contributed by atoms with Gasteiger partial charge in [0.05, 0.1) is 0 Å². The van der Waals surface area contributed by atoms with E-state index in [-0.39, 0.29) is 6.54 Å². The highest BCUT2D eigenvalue weighted by Gasteiger charge is 2.12. The standard InChI is InChI=1S/C9H9N5O2/c1-14(4-6(15)16)9-7-8(12-5-13-9)11-3-2-10-7/h2-3,5H,4H2,1H3,(H,15,16). The minimum Gasteiger partial charge on any atom is -0.480 e. The lowest BCUT2D eigenvalue weighted by atomic mass is 10.4. The molecule has 0 radical (unpaired) electrons. The van der Waals surface area contributed by atoms with E-state index in [1.165, 1.54) is 23.6 Å². The van der Waals surface area contributed by atoms with Crippen molar-refractivity contribution in [2.75, 3.05) is 18.5 Å². The van der Waals surface area contributed by atoms with Crippen molar-refractivity contribution >= 4 is 23.0 Å². The molecule has 0 aliphatic carbocycles. The van der Waals surface area contributed by atoms with Crippen LogP contribution in [-0.4, -0.2) is 44.6 Å². The Morgan fingerprint density at radius 1 is 1.31 bits per heavy atom. The van der Waals surface area contributed by atoms with Gasteiger partial charge in [0.25, 0.3) is 0 Å². The lowest BCUT2D eigenvalue weighted by Crippen LogP contribution is -2.26. The maximum atomic E-state index is 10.6. The van der Waals surface area contributed by atoms with Crippen molar-refractivity contribution < 1.29 is 9.90 Å². The smallest absolute Gasteiger partial charge is 0.323 e. The lowest BCUT2D eigenvalue weighted by Gasteiger charge is -2.15. The van der Waals surface area contributed by atoms with E-state index in [9.17, 15) is 4.79 Å². The van der Waals surface area contributed by atoms with Crippen molar-refractivity contribution in [3.05, 3.63) is 18.7 Å². The fourth-order valence-electron chi connectivity index (χ4n) is 1.34. The summed E-state index contributed by atoms with van der Waals surface area (Å²) < 4.78 is 0. The van der Waals surface area contributed by atoms with E-state index in [0.29, 0.717) is 17.0 Å². The average Bonchev–Trinajstić information content (AvgIpc) is 2.27. The van der Waals surface area contributed by atoms with Gasteiger partial charge in [-0.05, 0) is 0 Å². The number of carboxylic acids is 1. The first kappa shape index (κ1) is 10.2. The minimum atomic E-state index is -0.932. The first-order valence-corrected chi connectivity index (χ1v) is 4.53. The van der Waals surface area contributed by atoms with Crippen molar-refractivity contribution in [1.82, 2.24) is 19.9 Å². The zero-order valence-corrected chi connectivity index (χ0v) is 8.53. The number of aliphatic carboxylic acids is 1. The van der Waals surface area contributed by atoms with E-state index in [4.69, 9.17) is 5.11 Å². The highest BCUT2D eigenvalue weighted by atomic mass is 16.4. The van der Waals surface area contributed by atoms with Crippen LogP contribution in [0, 0.1) is 0 Å². The SMILES string of the molecule is CN(CC(=O)O)c1ncnc2nccnc12. The Labute approximate surface area is 90.8 Å². The van der Waals surface area contributed by atoms with Crippen LogP contribution in [0.4, 0.5) is 5.82 Å². The number of aromatic nitrogens is 4. The lowest BCUT2D eigenvalue weighted by molar-refractivity contribution is -0.135. The van der Waals surface area contributed by atoms with Crippen LogP contribution in [0.3, 0.4) is 0 Å². The molecule has 2 aromatic heterocycles. The summed E-state index contributed by atoms with van der Waals surface area (Å²) in [6.45, 7) is -0.150. The van der Waals surface area contributed by atoms with Crippen LogP contribution in [0.1, 0.15) is 0 Å². The van der Waals surface area contributed by atoms with E-state index < -0.39 is 5.97 Å². The molecule has 0 atom stereocenters. The Kier molecular flexibility index (Phi) is 2.59. The van der Waals surface area contributed by atoms with Gasteiger partial charge < -0.3 is 10.0 Å². The molecule has 0 amide bonds. The van der Waals surface area contributed by atoms with Crippen LogP contribution in [0.15, 0.2) is 18.7 Å². The molecule has 0 bridgehead atoms. The second kappa shape index (κ2) is 4.05. The number of hydrogen-bond acceptors (Lipinski definition) is 6. The van der Waals surface area contributed by atoms with Gasteiger partial charge in [-0.1, -0.05) is 0 Å². The molecule has 2 heterocycles. The first-order chi connectivity index (χ1) is 7.68. The topological polar surface area (TPSA) is 92.1 Å². The van der Waals surface area contributed by atoms with Crippen LogP contribution in [0.25, 0.3) is 11.2 Å². The molecule has 0 fully saturated rings. The molecule has 0 spiro atoms. The maximum Gasteiger partial charge on any atom is 0.323 e. The van der Waals surface area contributed by atoms with Gasteiger partial charge >= 0.3 is 5.97 Å². The van der Waals surface area contributed by atoms with Crippen molar-refractivity contribution in [3.8, 4) is 0 Å². The van der Waals surface area contributed by atoms with Gasteiger partial charge in [0.15, 0.2) is 17.0 Å². The van der Waals surface area contributed by atoms with Crippen LogP contribution in [-0.2, 0) is 4.79 Å². The highest BCUT2D eigenvalue weighted by Crippen LogP contribution is 2.16. The number of carboxylic acid groups (broad SMARTS) is 1. The Balaban J connectivity index is 2.47. The molecule has 1 N–H and O–H groups in total. The normalized spacial score (nSPS) is 10.3. The Morgan fingerprint density at radius 3 is 2.81 bits per heavy atom. The molecule has 0 saturated heterocycles. The molecule has 2 aromatic rings. The predicted octanol–water partition coefficient (Wildman–Crippen LogP) is -0.0594. The fourth-order valence-corrected chi connectivity index (χ4v) is 1.34. The number of likely N-dealkylation sites (N-methyl/N-ethyl adjacent to an activating group) is 1. The second-order valence-electron chi connectivity index (χ2n) is 3.18. The van der Waals surface area contributed by atoms with Crippen LogP contribution in [0.2, 0.25) is 0 Å². The van der Waals surface area contributed by atoms with E-state index in [1.54, 1.807) is 7.05 Å². The number of hydrogen-bond donors (Lipinski definition) is 1. The molecule has 0 aliphatic rings. The Morgan fingerprint density at radius 2 is 2.06 bits per heavy atom. The van der Waals surface area contributed by atoms with Gasteiger partial charge in [-0.25, -0.2) is 19.9 Å². The maximum absolute atomic E-state index is 10.6. The summed E-state index contributed by atoms with van der Waals surface area (Å²) in [5.41, 5.74) is 0.943. The number of carbonyl (C=O) groups is 1. The minimum absolute atomic E-state index is 0.150. The first-order valence-electron chi connectivity index (χ1n) is 4.53. The summed E-state index contributed by atoms with van der Waals surface area (Å²) >= 11 is 0. The van der Waals surface area contributed by atoms with Gasteiger partial charge in [-0.3, -0.25) is 4.79 Å². The molecule has 0 aromatic carbocycles. The fraction of sp³-hybridized carbons (Fsp3) is 0.222. The van der Waals surface area contributed by atoms with Crippen LogP contribution < -0.4 is 4.90 Å². The summed E-state index contributed by atoms with van der Waals surface area (Å²) in [6, 6.07) is 0. The van der Waals surface area contributed by atoms with E-state index >= 15 is 0 Å². The molecule has 7 heteroatoms. The van der Waals surface area contributed by atoms with Gasteiger partial charge in [0, 0.05) is 19.4 Å². The van der Waals surface area contributed by atoms with Gasteiger partial charge in [0.1, 0.15) is 12.9 Å².